The van der Waals surface area contributed by atoms with Crippen LogP contribution in [0.3, 0.4) is 0 Å². The predicted octanol–water partition coefficient (Wildman–Crippen LogP) is 3.82. The molecule has 0 amide bonds. The van der Waals surface area contributed by atoms with Gasteiger partial charge in [-0.2, -0.15) is 0 Å². The lowest BCUT2D eigenvalue weighted by Crippen LogP contribution is -2.38. The van der Waals surface area contributed by atoms with Crippen molar-refractivity contribution in [3.8, 4) is 0 Å². The minimum absolute atomic E-state index is 0.0531. The van der Waals surface area contributed by atoms with Gasteiger partial charge in [0.05, 0.1) is 10.1 Å². The van der Waals surface area contributed by atoms with E-state index in [0.717, 1.165) is 23.5 Å². The Morgan fingerprint density at radius 2 is 1.65 bits per heavy atom. The molecule has 1 aliphatic heterocycles. The third-order valence-electron chi connectivity index (χ3n) is 3.93. The number of hydrogen-bond donors (Lipinski definition) is 2. The van der Waals surface area contributed by atoms with Crippen LogP contribution in [0.2, 0.25) is 0 Å². The summed E-state index contributed by atoms with van der Waals surface area (Å²) in [7, 11) is 0. The van der Waals surface area contributed by atoms with Gasteiger partial charge in [0.1, 0.15) is 5.60 Å². The predicted molar refractivity (Wildman–Crippen MR) is 96.2 cm³/mol. The van der Waals surface area contributed by atoms with Crippen LogP contribution >= 0.6 is 23.5 Å². The molecule has 0 aromatic heterocycles. The van der Waals surface area contributed by atoms with Crippen LogP contribution in [0.5, 0.6) is 0 Å². The molecule has 0 spiro atoms. The zero-order valence-corrected chi connectivity index (χ0v) is 14.1. The molecule has 120 valence electrons. The Labute approximate surface area is 144 Å². The third kappa shape index (κ3) is 3.27. The van der Waals surface area contributed by atoms with E-state index in [1.54, 1.807) is 41.7 Å². The van der Waals surface area contributed by atoms with E-state index >= 15 is 0 Å². The summed E-state index contributed by atoms with van der Waals surface area (Å²) in [6.07, 6.45) is 1.13. The lowest BCUT2D eigenvalue weighted by atomic mass is 9.87. The molecule has 0 aliphatic carbocycles. The van der Waals surface area contributed by atoms with E-state index in [0.29, 0.717) is 5.56 Å². The number of carboxylic acids is 1. The van der Waals surface area contributed by atoms with Crippen molar-refractivity contribution in [2.24, 2.45) is 0 Å². The number of carboxylic acid groups (broad SMARTS) is 1. The average Bonchev–Trinajstić information content (AvgIpc) is 2.62. The van der Waals surface area contributed by atoms with Gasteiger partial charge in [0, 0.05) is 0 Å². The monoisotopic (exact) mass is 346 g/mol. The Kier molecular flexibility index (Phi) is 4.99. The van der Waals surface area contributed by atoms with Crippen LogP contribution in [0.4, 0.5) is 0 Å². The van der Waals surface area contributed by atoms with E-state index in [2.05, 4.69) is 0 Å². The summed E-state index contributed by atoms with van der Waals surface area (Å²) >= 11 is 3.48. The fourth-order valence-corrected chi connectivity index (χ4v) is 5.97. The number of carbonyl (C=O) groups is 1. The first kappa shape index (κ1) is 16.4. The van der Waals surface area contributed by atoms with Gasteiger partial charge in [-0.15, -0.1) is 23.5 Å². The smallest absolute Gasteiger partial charge is 0.335 e. The van der Waals surface area contributed by atoms with Crippen LogP contribution in [0.15, 0.2) is 54.6 Å². The molecule has 2 N–H and O–H groups in total. The number of thioether (sulfide) groups is 2. The molecule has 0 bridgehead atoms. The molecule has 5 heteroatoms. The summed E-state index contributed by atoms with van der Waals surface area (Å²) in [5.41, 5.74) is 0.426. The van der Waals surface area contributed by atoms with Crippen molar-refractivity contribution in [3.63, 3.8) is 0 Å². The summed E-state index contributed by atoms with van der Waals surface area (Å²) in [6.45, 7) is 0. The van der Waals surface area contributed by atoms with Crippen LogP contribution in [-0.2, 0) is 5.60 Å². The van der Waals surface area contributed by atoms with Crippen molar-refractivity contribution >= 4 is 29.5 Å². The number of aromatic carboxylic acids is 1. The quantitative estimate of drug-likeness (QED) is 0.881. The zero-order chi connectivity index (χ0) is 16.3. The average molecular weight is 346 g/mol. The van der Waals surface area contributed by atoms with Crippen molar-refractivity contribution in [3.05, 3.63) is 71.3 Å². The molecule has 3 rings (SSSR count). The van der Waals surface area contributed by atoms with Crippen molar-refractivity contribution < 1.29 is 15.0 Å². The minimum Gasteiger partial charge on any atom is -0.478 e. The Morgan fingerprint density at radius 3 is 2.30 bits per heavy atom. The molecule has 2 aromatic carbocycles. The Balaban J connectivity index is 2.11. The standard InChI is InChI=1S/C18H18O3S2/c19-16(20)13-6-4-9-15(12-13)18(21,14-7-2-1-3-8-14)17-22-10-5-11-23-17/h1-4,6-9,12,17,21H,5,10-11H2,(H,19,20). The topological polar surface area (TPSA) is 57.5 Å². The summed E-state index contributed by atoms with van der Waals surface area (Å²) in [5.74, 6) is 1.03. The zero-order valence-electron chi connectivity index (χ0n) is 12.5. The highest BCUT2D eigenvalue weighted by Gasteiger charge is 2.42. The van der Waals surface area contributed by atoms with Gasteiger partial charge in [0.15, 0.2) is 0 Å². The van der Waals surface area contributed by atoms with Gasteiger partial charge < -0.3 is 10.2 Å². The Bertz CT molecular complexity index is 684. The summed E-state index contributed by atoms with van der Waals surface area (Å²) < 4.78 is -0.0531. The first-order valence-electron chi connectivity index (χ1n) is 7.47. The molecule has 1 atom stereocenters. The van der Waals surface area contributed by atoms with E-state index in [9.17, 15) is 15.0 Å². The van der Waals surface area contributed by atoms with Gasteiger partial charge in [-0.1, -0.05) is 42.5 Å². The highest BCUT2D eigenvalue weighted by Crippen LogP contribution is 2.47. The second-order valence-electron chi connectivity index (χ2n) is 5.45. The maximum absolute atomic E-state index is 11.7. The van der Waals surface area contributed by atoms with E-state index in [4.69, 9.17) is 0 Å². The fourth-order valence-electron chi connectivity index (χ4n) is 2.75. The van der Waals surface area contributed by atoms with Crippen LogP contribution < -0.4 is 0 Å². The summed E-state index contributed by atoms with van der Waals surface area (Å²) in [4.78, 5) is 11.3. The van der Waals surface area contributed by atoms with Gasteiger partial charge >= 0.3 is 5.97 Å². The maximum atomic E-state index is 11.7. The molecule has 3 nitrogen and oxygen atoms in total. The highest BCUT2D eigenvalue weighted by molar-refractivity contribution is 8.17. The second-order valence-corrected chi connectivity index (χ2v) is 8.17. The molecule has 0 saturated carbocycles. The van der Waals surface area contributed by atoms with Crippen molar-refractivity contribution in [2.75, 3.05) is 11.5 Å². The maximum Gasteiger partial charge on any atom is 0.335 e. The van der Waals surface area contributed by atoms with E-state index in [1.165, 1.54) is 0 Å². The molecule has 1 heterocycles. The van der Waals surface area contributed by atoms with Gasteiger partial charge in [-0.3, -0.25) is 0 Å². The first-order valence-corrected chi connectivity index (χ1v) is 9.57. The second kappa shape index (κ2) is 6.99. The molecule has 1 fully saturated rings. The summed E-state index contributed by atoms with van der Waals surface area (Å²) in [5, 5.41) is 20.9. The van der Waals surface area contributed by atoms with Crippen LogP contribution in [-0.4, -0.2) is 32.3 Å². The lowest BCUT2D eigenvalue weighted by molar-refractivity contribution is 0.0695. The van der Waals surface area contributed by atoms with E-state index in [1.807, 2.05) is 36.4 Å². The van der Waals surface area contributed by atoms with E-state index < -0.39 is 11.6 Å². The van der Waals surface area contributed by atoms with Crippen LogP contribution in [0.25, 0.3) is 0 Å². The molecule has 2 aromatic rings. The van der Waals surface area contributed by atoms with Gasteiger partial charge in [-0.25, -0.2) is 4.79 Å². The number of rotatable bonds is 4. The van der Waals surface area contributed by atoms with Crippen molar-refractivity contribution in [1.82, 2.24) is 0 Å². The molecular weight excluding hydrogens is 328 g/mol. The normalized spacial score (nSPS) is 18.3. The third-order valence-corrected chi connectivity index (χ3v) is 7.08. The van der Waals surface area contributed by atoms with Crippen molar-refractivity contribution in [1.29, 1.82) is 0 Å². The number of benzene rings is 2. The molecule has 1 unspecified atom stereocenters. The van der Waals surface area contributed by atoms with Gasteiger partial charge in [-0.05, 0) is 41.2 Å². The van der Waals surface area contributed by atoms with Gasteiger partial charge in [0.2, 0.25) is 0 Å². The Hall–Kier alpha value is -1.43. The highest BCUT2D eigenvalue weighted by atomic mass is 32.2. The van der Waals surface area contributed by atoms with Crippen LogP contribution in [0.1, 0.15) is 27.9 Å². The van der Waals surface area contributed by atoms with Crippen molar-refractivity contribution in [2.45, 2.75) is 16.6 Å². The molecule has 23 heavy (non-hydrogen) atoms. The minimum atomic E-state index is -1.21. The lowest BCUT2D eigenvalue weighted by Gasteiger charge is -2.38. The molecule has 0 radical (unpaired) electrons. The van der Waals surface area contributed by atoms with Gasteiger partial charge in [0.25, 0.3) is 0 Å². The van der Waals surface area contributed by atoms with E-state index in [-0.39, 0.29) is 10.1 Å². The Morgan fingerprint density at radius 1 is 1.00 bits per heavy atom. The fraction of sp³-hybridized carbons (Fsp3) is 0.278. The molecular formula is C18H18O3S2. The van der Waals surface area contributed by atoms with Crippen LogP contribution in [0, 0.1) is 0 Å². The SMILES string of the molecule is O=C(O)c1cccc(C(O)(c2ccccc2)C2SCCCS2)c1. The molecule has 1 saturated heterocycles. The first-order chi connectivity index (χ1) is 11.1. The summed E-state index contributed by atoms with van der Waals surface area (Å²) in [6, 6.07) is 16.2. The number of hydrogen-bond acceptors (Lipinski definition) is 4. The molecule has 1 aliphatic rings. The largest absolute Gasteiger partial charge is 0.478 e. The number of aliphatic hydroxyl groups is 1.